The van der Waals surface area contributed by atoms with Crippen LogP contribution in [0.2, 0.25) is 0 Å². The highest BCUT2D eigenvalue weighted by Crippen LogP contribution is 2.24. The average Bonchev–Trinajstić information content (AvgIpc) is 2.74. The first-order valence-corrected chi connectivity index (χ1v) is 6.71. The first-order valence-electron chi connectivity index (χ1n) is 6.71. The molecule has 0 spiro atoms. The highest BCUT2D eigenvalue weighted by atomic mass is 16.2. The van der Waals surface area contributed by atoms with E-state index in [9.17, 15) is 4.79 Å². The van der Waals surface area contributed by atoms with E-state index < -0.39 is 0 Å². The maximum atomic E-state index is 12.2. The van der Waals surface area contributed by atoms with Gasteiger partial charge in [0.1, 0.15) is 0 Å². The van der Waals surface area contributed by atoms with Gasteiger partial charge in [-0.25, -0.2) is 0 Å². The Labute approximate surface area is 98.6 Å². The van der Waals surface area contributed by atoms with Crippen LogP contribution in [0, 0.1) is 5.92 Å². The van der Waals surface area contributed by atoms with E-state index in [4.69, 9.17) is 0 Å². The Kier molecular flexibility index (Phi) is 3.85. The van der Waals surface area contributed by atoms with E-state index in [1.165, 1.54) is 25.7 Å². The molecule has 0 aromatic rings. The number of nitrogens with zero attached hydrogens (tertiary/aromatic N) is 1. The Bertz CT molecular complexity index is 248. The SMILES string of the molecule is CC1CCCN(C(=O)CC2CCCN2)C1C. The standard InChI is InChI=1S/C13H24N2O/c1-10-5-4-8-15(11(10)2)13(16)9-12-6-3-7-14-12/h10-12,14H,3-9H2,1-2H3. The number of nitrogens with one attached hydrogen (secondary N) is 1. The van der Waals surface area contributed by atoms with Gasteiger partial charge in [0.2, 0.25) is 5.91 Å². The fourth-order valence-corrected chi connectivity index (χ4v) is 2.95. The highest BCUT2D eigenvalue weighted by Gasteiger charge is 2.29. The molecule has 2 heterocycles. The van der Waals surface area contributed by atoms with Gasteiger partial charge in [-0.3, -0.25) is 4.79 Å². The lowest BCUT2D eigenvalue weighted by Gasteiger charge is -2.38. The number of hydrogen-bond donors (Lipinski definition) is 1. The Morgan fingerprint density at radius 3 is 2.81 bits per heavy atom. The molecule has 2 saturated heterocycles. The van der Waals surface area contributed by atoms with Crippen LogP contribution in [0.4, 0.5) is 0 Å². The molecule has 3 unspecified atom stereocenters. The van der Waals surface area contributed by atoms with E-state index >= 15 is 0 Å². The molecule has 2 aliphatic rings. The zero-order valence-corrected chi connectivity index (χ0v) is 10.5. The van der Waals surface area contributed by atoms with Crippen molar-refractivity contribution < 1.29 is 4.79 Å². The van der Waals surface area contributed by atoms with E-state index in [0.29, 0.717) is 30.3 Å². The van der Waals surface area contributed by atoms with Gasteiger partial charge in [-0.05, 0) is 45.1 Å². The number of amides is 1. The molecule has 0 aliphatic carbocycles. The van der Waals surface area contributed by atoms with Crippen molar-refractivity contribution in [3.05, 3.63) is 0 Å². The molecule has 0 radical (unpaired) electrons. The number of carbonyl (C=O) groups is 1. The maximum Gasteiger partial charge on any atom is 0.224 e. The predicted molar refractivity (Wildman–Crippen MR) is 65.2 cm³/mol. The van der Waals surface area contributed by atoms with Gasteiger partial charge in [0.25, 0.3) is 0 Å². The van der Waals surface area contributed by atoms with Crippen molar-refractivity contribution in [2.45, 2.75) is 58.0 Å². The molecule has 3 heteroatoms. The van der Waals surface area contributed by atoms with Gasteiger partial charge in [0.15, 0.2) is 0 Å². The first kappa shape index (κ1) is 11.9. The zero-order chi connectivity index (χ0) is 11.5. The van der Waals surface area contributed by atoms with Crippen molar-refractivity contribution in [1.82, 2.24) is 10.2 Å². The topological polar surface area (TPSA) is 32.3 Å². The zero-order valence-electron chi connectivity index (χ0n) is 10.5. The van der Waals surface area contributed by atoms with Gasteiger partial charge in [-0.1, -0.05) is 6.92 Å². The summed E-state index contributed by atoms with van der Waals surface area (Å²) in [5, 5.41) is 3.41. The third-order valence-electron chi connectivity index (χ3n) is 4.28. The molecular weight excluding hydrogens is 200 g/mol. The first-order chi connectivity index (χ1) is 7.68. The lowest BCUT2D eigenvalue weighted by molar-refractivity contribution is -0.136. The van der Waals surface area contributed by atoms with E-state index in [2.05, 4.69) is 24.1 Å². The summed E-state index contributed by atoms with van der Waals surface area (Å²) in [6, 6.07) is 0.875. The van der Waals surface area contributed by atoms with Crippen molar-refractivity contribution in [2.75, 3.05) is 13.1 Å². The number of hydrogen-bond acceptors (Lipinski definition) is 2. The number of rotatable bonds is 2. The molecule has 16 heavy (non-hydrogen) atoms. The molecule has 2 aliphatic heterocycles. The summed E-state index contributed by atoms with van der Waals surface area (Å²) in [6.45, 7) is 6.52. The minimum absolute atomic E-state index is 0.360. The van der Waals surface area contributed by atoms with Crippen LogP contribution < -0.4 is 5.32 Å². The molecule has 2 rings (SSSR count). The third-order valence-corrected chi connectivity index (χ3v) is 4.28. The molecule has 92 valence electrons. The summed E-state index contributed by atoms with van der Waals surface area (Å²) >= 11 is 0. The van der Waals surface area contributed by atoms with Crippen LogP contribution in [0.1, 0.15) is 46.0 Å². The summed E-state index contributed by atoms with van der Waals surface area (Å²) < 4.78 is 0. The third kappa shape index (κ3) is 2.57. The molecule has 3 atom stereocenters. The smallest absolute Gasteiger partial charge is 0.224 e. The molecule has 3 nitrogen and oxygen atoms in total. The quantitative estimate of drug-likeness (QED) is 0.775. The van der Waals surface area contributed by atoms with Crippen LogP contribution in [0.25, 0.3) is 0 Å². The number of carbonyl (C=O) groups excluding carboxylic acids is 1. The van der Waals surface area contributed by atoms with E-state index in [1.54, 1.807) is 0 Å². The van der Waals surface area contributed by atoms with E-state index in [1.807, 2.05) is 0 Å². The molecule has 0 aromatic carbocycles. The van der Waals surface area contributed by atoms with Crippen molar-refractivity contribution in [1.29, 1.82) is 0 Å². The maximum absolute atomic E-state index is 12.2. The molecule has 2 fully saturated rings. The van der Waals surface area contributed by atoms with Gasteiger partial charge >= 0.3 is 0 Å². The molecule has 0 saturated carbocycles. The van der Waals surface area contributed by atoms with Gasteiger partial charge in [0, 0.05) is 25.0 Å². The largest absolute Gasteiger partial charge is 0.340 e. The summed E-state index contributed by atoms with van der Waals surface area (Å²) in [6.07, 6.45) is 5.55. The Hall–Kier alpha value is -0.570. The fraction of sp³-hybridized carbons (Fsp3) is 0.923. The van der Waals surface area contributed by atoms with Crippen molar-refractivity contribution in [2.24, 2.45) is 5.92 Å². The fourth-order valence-electron chi connectivity index (χ4n) is 2.95. The Balaban J connectivity index is 1.87. The van der Waals surface area contributed by atoms with Gasteiger partial charge in [-0.15, -0.1) is 0 Å². The summed E-state index contributed by atoms with van der Waals surface area (Å²) in [7, 11) is 0. The lowest BCUT2D eigenvalue weighted by atomic mass is 9.91. The minimum Gasteiger partial charge on any atom is -0.340 e. The van der Waals surface area contributed by atoms with Crippen molar-refractivity contribution in [3.8, 4) is 0 Å². The normalized spacial score (nSPS) is 35.4. The van der Waals surface area contributed by atoms with Crippen LogP contribution >= 0.6 is 0 Å². The lowest BCUT2D eigenvalue weighted by Crippen LogP contribution is -2.47. The van der Waals surface area contributed by atoms with Gasteiger partial charge < -0.3 is 10.2 Å². The Morgan fingerprint density at radius 1 is 1.31 bits per heavy atom. The predicted octanol–water partition coefficient (Wildman–Crippen LogP) is 1.78. The van der Waals surface area contributed by atoms with Crippen molar-refractivity contribution in [3.63, 3.8) is 0 Å². The summed E-state index contributed by atoms with van der Waals surface area (Å²) in [5.74, 6) is 1.02. The molecular formula is C13H24N2O. The second kappa shape index (κ2) is 5.17. The molecule has 0 bridgehead atoms. The van der Waals surface area contributed by atoms with Crippen LogP contribution in [-0.4, -0.2) is 36.0 Å². The van der Waals surface area contributed by atoms with Crippen LogP contribution in [-0.2, 0) is 4.79 Å². The average molecular weight is 224 g/mol. The van der Waals surface area contributed by atoms with Crippen LogP contribution in [0.3, 0.4) is 0 Å². The van der Waals surface area contributed by atoms with Gasteiger partial charge in [-0.2, -0.15) is 0 Å². The van der Waals surface area contributed by atoms with Gasteiger partial charge in [0.05, 0.1) is 0 Å². The van der Waals surface area contributed by atoms with Crippen LogP contribution in [0.5, 0.6) is 0 Å². The molecule has 1 amide bonds. The molecule has 1 N–H and O–H groups in total. The monoisotopic (exact) mass is 224 g/mol. The molecule has 0 aromatic heterocycles. The summed E-state index contributed by atoms with van der Waals surface area (Å²) in [5.41, 5.74) is 0. The van der Waals surface area contributed by atoms with E-state index in [-0.39, 0.29) is 0 Å². The second-order valence-corrected chi connectivity index (χ2v) is 5.44. The Morgan fingerprint density at radius 2 is 2.12 bits per heavy atom. The van der Waals surface area contributed by atoms with Crippen LogP contribution in [0.15, 0.2) is 0 Å². The number of likely N-dealkylation sites (tertiary alicyclic amines) is 1. The minimum atomic E-state index is 0.360. The van der Waals surface area contributed by atoms with E-state index in [0.717, 1.165) is 13.1 Å². The summed E-state index contributed by atoms with van der Waals surface area (Å²) in [4.78, 5) is 14.3. The second-order valence-electron chi connectivity index (χ2n) is 5.44. The van der Waals surface area contributed by atoms with Crippen molar-refractivity contribution >= 4 is 5.91 Å². The highest BCUT2D eigenvalue weighted by molar-refractivity contribution is 5.77. The number of piperidine rings is 1.